The topological polar surface area (TPSA) is 79.0 Å². The van der Waals surface area contributed by atoms with Crippen LogP contribution in [0.3, 0.4) is 0 Å². The molecule has 1 aliphatic heterocycles. The predicted molar refractivity (Wildman–Crippen MR) is 113 cm³/mol. The van der Waals surface area contributed by atoms with E-state index in [0.717, 1.165) is 43.6 Å². The molecular weight excluding hydrogens is 390 g/mol. The summed E-state index contributed by atoms with van der Waals surface area (Å²) in [6.45, 7) is 4.76. The van der Waals surface area contributed by atoms with Crippen molar-refractivity contribution in [2.24, 2.45) is 0 Å². The number of para-hydroxylation sites is 1. The molecule has 0 atom stereocenters. The average molecular weight is 418 g/mol. The minimum Gasteiger partial charge on any atom is -0.379 e. The Hall–Kier alpha value is -2.42. The van der Waals surface area contributed by atoms with Gasteiger partial charge in [-0.3, -0.25) is 14.0 Å². The molecule has 0 unspecified atom stereocenters. The lowest BCUT2D eigenvalue weighted by Gasteiger charge is -2.26. The molecule has 29 heavy (non-hydrogen) atoms. The van der Waals surface area contributed by atoms with Crippen molar-refractivity contribution >= 4 is 21.6 Å². The van der Waals surface area contributed by atoms with E-state index >= 15 is 0 Å². The molecule has 0 radical (unpaired) electrons. The Labute approximate surface area is 172 Å². The van der Waals surface area contributed by atoms with E-state index in [4.69, 9.17) is 4.74 Å². The van der Waals surface area contributed by atoms with Gasteiger partial charge in [-0.15, -0.1) is 0 Å². The first-order chi connectivity index (χ1) is 14.0. The third-order valence-electron chi connectivity index (χ3n) is 4.93. The maximum absolute atomic E-state index is 12.9. The van der Waals surface area contributed by atoms with Gasteiger partial charge in [-0.05, 0) is 37.2 Å². The van der Waals surface area contributed by atoms with Crippen molar-refractivity contribution in [3.63, 3.8) is 0 Å². The van der Waals surface area contributed by atoms with Crippen LogP contribution in [0.4, 0.5) is 5.69 Å². The summed E-state index contributed by atoms with van der Waals surface area (Å²) in [5, 5.41) is 2.91. The van der Waals surface area contributed by atoms with Gasteiger partial charge in [0.25, 0.3) is 15.9 Å². The third-order valence-corrected chi connectivity index (χ3v) is 6.72. The van der Waals surface area contributed by atoms with Gasteiger partial charge < -0.3 is 10.1 Å². The van der Waals surface area contributed by atoms with E-state index in [2.05, 4.69) is 10.2 Å². The smallest absolute Gasteiger partial charge is 0.264 e. The predicted octanol–water partition coefficient (Wildman–Crippen LogP) is 1.96. The summed E-state index contributed by atoms with van der Waals surface area (Å²) in [6, 6.07) is 14.9. The fourth-order valence-corrected chi connectivity index (χ4v) is 4.48. The maximum Gasteiger partial charge on any atom is 0.264 e. The zero-order chi connectivity index (χ0) is 20.7. The van der Waals surface area contributed by atoms with Crippen LogP contribution in [-0.2, 0) is 14.8 Å². The van der Waals surface area contributed by atoms with Crippen LogP contribution >= 0.6 is 0 Å². The molecule has 156 valence electrons. The number of amides is 1. The van der Waals surface area contributed by atoms with Gasteiger partial charge in [-0.25, -0.2) is 8.42 Å². The van der Waals surface area contributed by atoms with Gasteiger partial charge in [0, 0.05) is 26.7 Å². The number of carbonyl (C=O) groups is 1. The highest BCUT2D eigenvalue weighted by molar-refractivity contribution is 7.92. The highest BCUT2D eigenvalue weighted by atomic mass is 32.2. The molecule has 1 heterocycles. The van der Waals surface area contributed by atoms with Gasteiger partial charge >= 0.3 is 0 Å². The number of nitrogens with zero attached hydrogens (tertiary/aromatic N) is 2. The Balaban J connectivity index is 1.65. The molecule has 2 aromatic carbocycles. The first-order valence-electron chi connectivity index (χ1n) is 9.71. The molecule has 8 heteroatoms. The van der Waals surface area contributed by atoms with E-state index in [1.807, 2.05) is 0 Å². The highest BCUT2D eigenvalue weighted by Gasteiger charge is 2.24. The fraction of sp³-hybridized carbons (Fsp3) is 0.381. The molecule has 3 rings (SSSR count). The zero-order valence-electron chi connectivity index (χ0n) is 16.6. The molecular formula is C21H27N3O4S. The Morgan fingerprint density at radius 2 is 1.72 bits per heavy atom. The van der Waals surface area contributed by atoms with E-state index in [0.29, 0.717) is 17.8 Å². The molecule has 1 fully saturated rings. The van der Waals surface area contributed by atoms with Crippen molar-refractivity contribution in [2.45, 2.75) is 11.3 Å². The summed E-state index contributed by atoms with van der Waals surface area (Å²) in [5.41, 5.74) is 0.683. The molecule has 0 bridgehead atoms. The Morgan fingerprint density at radius 3 is 2.45 bits per heavy atom. The number of morpholine rings is 1. The second kappa shape index (κ2) is 9.87. The normalized spacial score (nSPS) is 15.1. The van der Waals surface area contributed by atoms with Gasteiger partial charge in [0.05, 0.1) is 29.4 Å². The van der Waals surface area contributed by atoms with Crippen LogP contribution in [0.15, 0.2) is 59.5 Å². The van der Waals surface area contributed by atoms with E-state index in [9.17, 15) is 13.2 Å². The number of sulfonamides is 1. The summed E-state index contributed by atoms with van der Waals surface area (Å²) < 4.78 is 32.3. The van der Waals surface area contributed by atoms with E-state index in [-0.39, 0.29) is 10.8 Å². The lowest BCUT2D eigenvalue weighted by Crippen LogP contribution is -2.38. The van der Waals surface area contributed by atoms with Gasteiger partial charge in [0.1, 0.15) is 0 Å². The fourth-order valence-electron chi connectivity index (χ4n) is 3.24. The van der Waals surface area contributed by atoms with Crippen LogP contribution in [-0.4, -0.2) is 65.7 Å². The summed E-state index contributed by atoms with van der Waals surface area (Å²) in [6.07, 6.45) is 0.825. The van der Waals surface area contributed by atoms with Crippen molar-refractivity contribution in [2.75, 3.05) is 50.7 Å². The number of nitrogens with one attached hydrogen (secondary N) is 1. The van der Waals surface area contributed by atoms with Crippen molar-refractivity contribution in [3.05, 3.63) is 60.2 Å². The van der Waals surface area contributed by atoms with Crippen LogP contribution in [0.2, 0.25) is 0 Å². The highest BCUT2D eigenvalue weighted by Crippen LogP contribution is 2.25. The van der Waals surface area contributed by atoms with Crippen molar-refractivity contribution in [1.82, 2.24) is 10.2 Å². The number of rotatable bonds is 8. The molecule has 0 saturated carbocycles. The van der Waals surface area contributed by atoms with Crippen LogP contribution in [0, 0.1) is 0 Å². The van der Waals surface area contributed by atoms with Gasteiger partial charge in [-0.2, -0.15) is 0 Å². The van der Waals surface area contributed by atoms with E-state index in [1.165, 1.54) is 7.05 Å². The van der Waals surface area contributed by atoms with Crippen LogP contribution < -0.4 is 9.62 Å². The number of hydrogen-bond donors (Lipinski definition) is 1. The number of ether oxygens (including phenoxy) is 1. The Bertz CT molecular complexity index is 913. The third kappa shape index (κ3) is 5.35. The number of carbonyl (C=O) groups excluding carboxylic acids is 1. The molecule has 0 spiro atoms. The van der Waals surface area contributed by atoms with Gasteiger partial charge in [0.15, 0.2) is 0 Å². The minimum absolute atomic E-state index is 0.184. The van der Waals surface area contributed by atoms with Gasteiger partial charge in [0.2, 0.25) is 0 Å². The quantitative estimate of drug-likeness (QED) is 0.665. The number of anilines is 1. The van der Waals surface area contributed by atoms with Crippen LogP contribution in [0.1, 0.15) is 16.8 Å². The molecule has 1 N–H and O–H groups in total. The van der Waals surface area contributed by atoms with Gasteiger partial charge in [-0.1, -0.05) is 30.3 Å². The molecule has 1 amide bonds. The van der Waals surface area contributed by atoms with Crippen LogP contribution in [0.25, 0.3) is 0 Å². The summed E-state index contributed by atoms with van der Waals surface area (Å²) >= 11 is 0. The largest absolute Gasteiger partial charge is 0.379 e. The average Bonchev–Trinajstić information content (AvgIpc) is 2.77. The zero-order valence-corrected chi connectivity index (χ0v) is 17.4. The van der Waals surface area contributed by atoms with Crippen molar-refractivity contribution < 1.29 is 17.9 Å². The second-order valence-electron chi connectivity index (χ2n) is 6.87. The number of hydrogen-bond acceptors (Lipinski definition) is 5. The first-order valence-corrected chi connectivity index (χ1v) is 11.2. The van der Waals surface area contributed by atoms with E-state index in [1.54, 1.807) is 54.6 Å². The molecule has 2 aromatic rings. The summed E-state index contributed by atoms with van der Waals surface area (Å²) in [5.74, 6) is -0.280. The molecule has 1 saturated heterocycles. The Kier molecular flexibility index (Phi) is 7.24. The molecule has 0 aromatic heterocycles. The first kappa shape index (κ1) is 21.3. The Morgan fingerprint density at radius 1 is 1.07 bits per heavy atom. The lowest BCUT2D eigenvalue weighted by molar-refractivity contribution is 0.0374. The maximum atomic E-state index is 12.9. The second-order valence-corrected chi connectivity index (χ2v) is 8.84. The van der Waals surface area contributed by atoms with E-state index < -0.39 is 10.0 Å². The SMILES string of the molecule is CN(c1ccccc1C(=O)NCCCN1CCOCC1)S(=O)(=O)c1ccccc1. The molecule has 7 nitrogen and oxygen atoms in total. The molecule has 1 aliphatic rings. The monoisotopic (exact) mass is 417 g/mol. The summed E-state index contributed by atoms with van der Waals surface area (Å²) in [7, 11) is -2.29. The van der Waals surface area contributed by atoms with Crippen molar-refractivity contribution in [3.8, 4) is 0 Å². The summed E-state index contributed by atoms with van der Waals surface area (Å²) in [4.78, 5) is 15.2. The van der Waals surface area contributed by atoms with Crippen molar-refractivity contribution in [1.29, 1.82) is 0 Å². The standard InChI is InChI=1S/C21H27N3O4S/c1-23(29(26,27)18-8-3-2-4-9-18)20-11-6-5-10-19(20)21(25)22-12-7-13-24-14-16-28-17-15-24/h2-6,8-11H,7,12-17H2,1H3,(H,22,25). The molecule has 0 aliphatic carbocycles. The number of benzene rings is 2. The van der Waals surface area contributed by atoms with Crippen LogP contribution in [0.5, 0.6) is 0 Å². The lowest BCUT2D eigenvalue weighted by atomic mass is 10.1. The minimum atomic E-state index is -3.75.